The predicted octanol–water partition coefficient (Wildman–Crippen LogP) is 3.17. The zero-order valence-corrected chi connectivity index (χ0v) is 20.0. The van der Waals surface area contributed by atoms with E-state index in [-0.39, 0.29) is 42.1 Å². The van der Waals surface area contributed by atoms with Crippen molar-refractivity contribution in [2.75, 3.05) is 26.7 Å². The quantitative estimate of drug-likeness (QED) is 0.202. The molecular weight excluding hydrogens is 498 g/mol. The Kier molecular flexibility index (Phi) is 11.8. The molecule has 0 radical (unpaired) electrons. The lowest BCUT2D eigenvalue weighted by Crippen LogP contribution is -2.41. The van der Waals surface area contributed by atoms with Gasteiger partial charge in [-0.15, -0.1) is 24.0 Å². The highest BCUT2D eigenvalue weighted by atomic mass is 127. The molecule has 0 atom stereocenters. The number of hydrogen-bond donors (Lipinski definition) is 3. The highest BCUT2D eigenvalue weighted by molar-refractivity contribution is 14.0. The van der Waals surface area contributed by atoms with E-state index in [9.17, 15) is 9.18 Å². The minimum atomic E-state index is -0.339. The lowest BCUT2D eigenvalue weighted by Gasteiger charge is -2.13. The molecule has 30 heavy (non-hydrogen) atoms. The number of benzene rings is 2. The van der Waals surface area contributed by atoms with Crippen molar-refractivity contribution in [1.82, 2.24) is 16.0 Å². The van der Waals surface area contributed by atoms with E-state index in [1.807, 2.05) is 32.0 Å². The smallest absolute Gasteiger partial charge is 0.224 e. The molecule has 0 aliphatic rings. The molecule has 0 unspecified atom stereocenters. The molecule has 0 saturated heterocycles. The fourth-order valence-electron chi connectivity index (χ4n) is 2.77. The molecule has 0 aromatic heterocycles. The maximum absolute atomic E-state index is 13.2. The van der Waals surface area contributed by atoms with Gasteiger partial charge in [-0.05, 0) is 43.2 Å². The molecule has 0 aliphatic carbocycles. The second-order valence-corrected chi connectivity index (χ2v) is 6.59. The van der Waals surface area contributed by atoms with Crippen LogP contribution in [0.1, 0.15) is 23.6 Å². The van der Waals surface area contributed by atoms with Gasteiger partial charge in [0, 0.05) is 25.2 Å². The molecule has 2 aromatic carbocycles. The van der Waals surface area contributed by atoms with Crippen molar-refractivity contribution in [2.45, 2.75) is 26.8 Å². The summed E-state index contributed by atoms with van der Waals surface area (Å²) >= 11 is 0. The van der Waals surface area contributed by atoms with Gasteiger partial charge in [0.15, 0.2) is 5.96 Å². The van der Waals surface area contributed by atoms with Crippen molar-refractivity contribution in [3.8, 4) is 5.75 Å². The molecule has 0 heterocycles. The van der Waals surface area contributed by atoms with Crippen molar-refractivity contribution in [1.29, 1.82) is 0 Å². The minimum absolute atomic E-state index is 0. The summed E-state index contributed by atoms with van der Waals surface area (Å²) in [6, 6.07) is 12.1. The number of nitrogens with one attached hydrogen (secondary N) is 3. The average molecular weight is 528 g/mol. The van der Waals surface area contributed by atoms with E-state index < -0.39 is 0 Å². The highest BCUT2D eigenvalue weighted by Gasteiger charge is 2.05. The Hall–Kier alpha value is -2.36. The third-order valence-electron chi connectivity index (χ3n) is 4.19. The van der Waals surface area contributed by atoms with Crippen molar-refractivity contribution in [3.63, 3.8) is 0 Å². The third kappa shape index (κ3) is 8.98. The summed E-state index contributed by atoms with van der Waals surface area (Å²) in [6.07, 6.45) is 0.152. The summed E-state index contributed by atoms with van der Waals surface area (Å²) in [5.74, 6) is 0.987. The van der Waals surface area contributed by atoms with E-state index in [0.29, 0.717) is 31.2 Å². The van der Waals surface area contributed by atoms with E-state index in [2.05, 4.69) is 20.9 Å². The minimum Gasteiger partial charge on any atom is -0.496 e. The largest absolute Gasteiger partial charge is 0.496 e. The number of rotatable bonds is 9. The van der Waals surface area contributed by atoms with Gasteiger partial charge in [0.05, 0.1) is 20.1 Å². The molecule has 8 heteroatoms. The van der Waals surface area contributed by atoms with Crippen LogP contribution in [-0.2, 0) is 17.8 Å². The average Bonchev–Trinajstić information content (AvgIpc) is 2.69. The number of ether oxygens (including phenoxy) is 1. The molecule has 1 amide bonds. The number of nitrogens with zero attached hydrogens (tertiary/aromatic N) is 1. The lowest BCUT2D eigenvalue weighted by atomic mass is 10.1. The number of aliphatic imine (C=N–C) groups is 1. The fraction of sp³-hybridized carbons (Fsp3) is 0.364. The second kappa shape index (κ2) is 13.8. The van der Waals surface area contributed by atoms with Gasteiger partial charge in [-0.2, -0.15) is 0 Å². The molecule has 0 bridgehead atoms. The van der Waals surface area contributed by atoms with E-state index in [4.69, 9.17) is 4.74 Å². The van der Waals surface area contributed by atoms with Crippen LogP contribution in [0.3, 0.4) is 0 Å². The van der Waals surface area contributed by atoms with E-state index in [1.165, 1.54) is 12.1 Å². The van der Waals surface area contributed by atoms with Crippen LogP contribution in [0.15, 0.2) is 47.5 Å². The lowest BCUT2D eigenvalue weighted by molar-refractivity contribution is -0.120. The Morgan fingerprint density at radius 2 is 1.87 bits per heavy atom. The molecule has 2 aromatic rings. The van der Waals surface area contributed by atoms with Gasteiger partial charge in [-0.25, -0.2) is 9.38 Å². The Morgan fingerprint density at radius 3 is 2.57 bits per heavy atom. The summed E-state index contributed by atoms with van der Waals surface area (Å²) in [6.45, 7) is 6.17. The topological polar surface area (TPSA) is 74.8 Å². The first-order chi connectivity index (χ1) is 14.0. The van der Waals surface area contributed by atoms with Gasteiger partial charge < -0.3 is 20.7 Å². The van der Waals surface area contributed by atoms with Crippen LogP contribution >= 0.6 is 24.0 Å². The summed E-state index contributed by atoms with van der Waals surface area (Å²) in [5, 5.41) is 9.19. The zero-order valence-electron chi connectivity index (χ0n) is 17.6. The molecule has 3 N–H and O–H groups in total. The maximum atomic E-state index is 13.2. The van der Waals surface area contributed by atoms with E-state index >= 15 is 0 Å². The monoisotopic (exact) mass is 528 g/mol. The third-order valence-corrected chi connectivity index (χ3v) is 4.19. The standard InChI is InChI=1S/C22H29FN4O2.HI/c1-4-24-22(27-15-18-9-8-16(2)12-20(18)29-3)26-11-10-25-21(28)14-17-6-5-7-19(23)13-17;/h5-9,12-13H,4,10-11,14-15H2,1-3H3,(H,25,28)(H2,24,26,27);1H. The Morgan fingerprint density at radius 1 is 1.10 bits per heavy atom. The molecule has 0 fully saturated rings. The molecule has 0 saturated carbocycles. The summed E-state index contributed by atoms with van der Waals surface area (Å²) in [7, 11) is 1.65. The van der Waals surface area contributed by atoms with Crippen LogP contribution in [0.25, 0.3) is 0 Å². The number of guanidine groups is 1. The zero-order chi connectivity index (χ0) is 21.1. The van der Waals surface area contributed by atoms with E-state index in [1.54, 1.807) is 19.2 Å². The van der Waals surface area contributed by atoms with Gasteiger partial charge >= 0.3 is 0 Å². The number of hydrogen-bond acceptors (Lipinski definition) is 3. The number of halogens is 2. The Balaban J connectivity index is 0.00000450. The number of amides is 1. The second-order valence-electron chi connectivity index (χ2n) is 6.59. The van der Waals surface area contributed by atoms with Crippen LogP contribution in [0.5, 0.6) is 5.75 Å². The highest BCUT2D eigenvalue weighted by Crippen LogP contribution is 2.20. The van der Waals surface area contributed by atoms with Crippen LogP contribution in [0.2, 0.25) is 0 Å². The van der Waals surface area contributed by atoms with E-state index in [0.717, 1.165) is 23.4 Å². The van der Waals surface area contributed by atoms with Crippen molar-refractivity contribution in [3.05, 3.63) is 65.0 Å². The van der Waals surface area contributed by atoms with Crippen LogP contribution < -0.4 is 20.7 Å². The summed E-state index contributed by atoms with van der Waals surface area (Å²) in [5.41, 5.74) is 2.78. The van der Waals surface area contributed by atoms with Gasteiger partial charge in [0.1, 0.15) is 11.6 Å². The molecular formula is C22H30FIN4O2. The van der Waals surface area contributed by atoms with Crippen LogP contribution in [0.4, 0.5) is 4.39 Å². The number of carbonyl (C=O) groups excluding carboxylic acids is 1. The first-order valence-corrected chi connectivity index (χ1v) is 9.68. The van der Waals surface area contributed by atoms with Crippen LogP contribution in [-0.4, -0.2) is 38.6 Å². The molecule has 2 rings (SSSR count). The Bertz CT molecular complexity index is 846. The van der Waals surface area contributed by atoms with Gasteiger partial charge in [0.2, 0.25) is 5.91 Å². The van der Waals surface area contributed by atoms with Gasteiger partial charge in [0.25, 0.3) is 0 Å². The number of carbonyl (C=O) groups is 1. The number of methoxy groups -OCH3 is 1. The van der Waals surface area contributed by atoms with Crippen molar-refractivity contribution < 1.29 is 13.9 Å². The van der Waals surface area contributed by atoms with Crippen LogP contribution in [0, 0.1) is 12.7 Å². The van der Waals surface area contributed by atoms with Gasteiger partial charge in [-0.3, -0.25) is 4.79 Å². The Labute approximate surface area is 194 Å². The van der Waals surface area contributed by atoms with Gasteiger partial charge in [-0.1, -0.05) is 24.3 Å². The molecule has 0 aliphatic heterocycles. The molecule has 164 valence electrons. The SMILES string of the molecule is CCNC(=NCc1ccc(C)cc1OC)NCCNC(=O)Cc1cccc(F)c1.I. The predicted molar refractivity (Wildman–Crippen MR) is 129 cm³/mol. The number of aryl methyl sites for hydroxylation is 1. The molecule has 6 nitrogen and oxygen atoms in total. The first kappa shape index (κ1) is 25.7. The first-order valence-electron chi connectivity index (χ1n) is 9.68. The van der Waals surface area contributed by atoms with Crippen molar-refractivity contribution >= 4 is 35.8 Å². The summed E-state index contributed by atoms with van der Waals surface area (Å²) < 4.78 is 18.6. The normalized spacial score (nSPS) is 10.7. The molecule has 0 spiro atoms. The summed E-state index contributed by atoms with van der Waals surface area (Å²) in [4.78, 5) is 16.6. The maximum Gasteiger partial charge on any atom is 0.224 e. The fourth-order valence-corrected chi connectivity index (χ4v) is 2.77. The van der Waals surface area contributed by atoms with Crippen molar-refractivity contribution in [2.24, 2.45) is 4.99 Å².